The first-order valence-electron chi connectivity index (χ1n) is 6.31. The lowest BCUT2D eigenvalue weighted by Gasteiger charge is -2.20. The Hall–Kier alpha value is -0.920. The third kappa shape index (κ3) is 2.43. The van der Waals surface area contributed by atoms with Gasteiger partial charge in [0.1, 0.15) is 4.90 Å². The molecule has 0 spiro atoms. The van der Waals surface area contributed by atoms with Crippen LogP contribution in [0.25, 0.3) is 0 Å². The zero-order chi connectivity index (χ0) is 13.2. The van der Waals surface area contributed by atoms with E-state index in [0.29, 0.717) is 24.5 Å². The largest absolute Gasteiger partial charge is 0.325 e. The monoisotopic (exact) mass is 272 g/mol. The Balaban J connectivity index is 2.37. The van der Waals surface area contributed by atoms with Crippen LogP contribution in [0.1, 0.15) is 37.1 Å². The van der Waals surface area contributed by atoms with Gasteiger partial charge in [0.15, 0.2) is 0 Å². The van der Waals surface area contributed by atoms with Gasteiger partial charge in [-0.25, -0.2) is 8.42 Å². The number of hydrogen-bond donors (Lipinski definition) is 2. The molecule has 1 saturated heterocycles. The maximum atomic E-state index is 12.6. The van der Waals surface area contributed by atoms with Gasteiger partial charge in [-0.15, -0.1) is 0 Å². The molecule has 2 rings (SSSR count). The Bertz CT molecular complexity index is 501. The molecule has 6 nitrogen and oxygen atoms in total. The van der Waals surface area contributed by atoms with Crippen LogP contribution in [0.15, 0.2) is 4.90 Å². The lowest BCUT2D eigenvalue weighted by molar-refractivity contribution is 0.423. The number of aromatic amines is 1. The van der Waals surface area contributed by atoms with Crippen LogP contribution in [0.4, 0.5) is 0 Å². The predicted octanol–water partition coefficient (Wildman–Crippen LogP) is 0.742. The highest BCUT2D eigenvalue weighted by Gasteiger charge is 2.30. The number of nitrogens with two attached hydrogens (primary N) is 1. The number of nitrogens with zero attached hydrogens (tertiary/aromatic N) is 2. The summed E-state index contributed by atoms with van der Waals surface area (Å²) in [6.07, 6.45) is 4.04. The highest BCUT2D eigenvalue weighted by atomic mass is 32.2. The van der Waals surface area contributed by atoms with Gasteiger partial charge in [0.05, 0.1) is 11.4 Å². The number of rotatable bonds is 3. The van der Waals surface area contributed by atoms with Crippen LogP contribution in [-0.2, 0) is 16.6 Å². The minimum absolute atomic E-state index is 0.132. The third-order valence-corrected chi connectivity index (χ3v) is 5.42. The summed E-state index contributed by atoms with van der Waals surface area (Å²) in [6.45, 7) is 3.04. The zero-order valence-corrected chi connectivity index (χ0v) is 11.5. The fourth-order valence-electron chi connectivity index (χ4n) is 2.36. The Kier molecular flexibility index (Phi) is 4.04. The summed E-state index contributed by atoms with van der Waals surface area (Å²) < 4.78 is 26.8. The molecule has 0 amide bonds. The molecule has 1 fully saturated rings. The minimum atomic E-state index is -3.46. The van der Waals surface area contributed by atoms with Crippen molar-refractivity contribution in [3.05, 3.63) is 11.4 Å². The van der Waals surface area contributed by atoms with Crippen LogP contribution in [-0.4, -0.2) is 36.0 Å². The standard InChI is InChI=1S/C11H20N4O2S/c1-9-11(10(8-12)14-13-9)18(16,17)15-6-4-2-3-5-7-15/h2-8,12H2,1H3,(H,13,14). The van der Waals surface area contributed by atoms with Crippen molar-refractivity contribution in [1.82, 2.24) is 14.5 Å². The van der Waals surface area contributed by atoms with E-state index in [1.54, 1.807) is 11.2 Å². The van der Waals surface area contributed by atoms with Crippen LogP contribution >= 0.6 is 0 Å². The summed E-state index contributed by atoms with van der Waals surface area (Å²) in [5.41, 5.74) is 6.55. The van der Waals surface area contributed by atoms with Gasteiger partial charge in [-0.2, -0.15) is 9.40 Å². The molecule has 0 bridgehead atoms. The van der Waals surface area contributed by atoms with Gasteiger partial charge in [0.2, 0.25) is 10.0 Å². The number of aromatic nitrogens is 2. The number of hydrogen-bond acceptors (Lipinski definition) is 4. The van der Waals surface area contributed by atoms with Gasteiger partial charge in [0, 0.05) is 19.6 Å². The smallest absolute Gasteiger partial charge is 0.246 e. The second kappa shape index (κ2) is 5.38. The molecular formula is C11H20N4O2S. The van der Waals surface area contributed by atoms with Crippen molar-refractivity contribution in [2.24, 2.45) is 5.73 Å². The van der Waals surface area contributed by atoms with E-state index in [4.69, 9.17) is 5.73 Å². The SMILES string of the molecule is Cc1[nH]nc(CN)c1S(=O)(=O)N1CCCCCC1. The van der Waals surface area contributed by atoms with E-state index in [0.717, 1.165) is 25.7 Å². The third-order valence-electron chi connectivity index (χ3n) is 3.32. The van der Waals surface area contributed by atoms with Crippen molar-refractivity contribution in [2.45, 2.75) is 44.0 Å². The molecule has 7 heteroatoms. The van der Waals surface area contributed by atoms with E-state index in [-0.39, 0.29) is 11.4 Å². The first-order chi connectivity index (χ1) is 8.57. The lowest BCUT2D eigenvalue weighted by Crippen LogP contribution is -2.32. The van der Waals surface area contributed by atoms with Gasteiger partial charge >= 0.3 is 0 Å². The lowest BCUT2D eigenvalue weighted by atomic mass is 10.2. The topological polar surface area (TPSA) is 92.1 Å². The van der Waals surface area contributed by atoms with Gasteiger partial charge < -0.3 is 5.73 Å². The van der Waals surface area contributed by atoms with Crippen LogP contribution < -0.4 is 5.73 Å². The molecule has 3 N–H and O–H groups in total. The summed E-state index contributed by atoms with van der Waals surface area (Å²) in [7, 11) is -3.46. The van der Waals surface area contributed by atoms with Gasteiger partial charge in [-0.3, -0.25) is 5.10 Å². The summed E-state index contributed by atoms with van der Waals surface area (Å²) in [5, 5.41) is 6.68. The summed E-state index contributed by atoms with van der Waals surface area (Å²) >= 11 is 0. The number of sulfonamides is 1. The molecule has 1 aliphatic rings. The van der Waals surface area contributed by atoms with Crippen LogP contribution in [0.5, 0.6) is 0 Å². The van der Waals surface area contributed by atoms with Crippen LogP contribution in [0, 0.1) is 6.92 Å². The van der Waals surface area contributed by atoms with Crippen LogP contribution in [0.2, 0.25) is 0 Å². The van der Waals surface area contributed by atoms with Crippen molar-refractivity contribution < 1.29 is 8.42 Å². The number of aryl methyl sites for hydroxylation is 1. The van der Waals surface area contributed by atoms with E-state index in [1.807, 2.05) is 0 Å². The van der Waals surface area contributed by atoms with Gasteiger partial charge in [0.25, 0.3) is 0 Å². The van der Waals surface area contributed by atoms with E-state index < -0.39 is 10.0 Å². The molecule has 0 saturated carbocycles. The van der Waals surface area contributed by atoms with E-state index in [9.17, 15) is 8.42 Å². The summed E-state index contributed by atoms with van der Waals surface area (Å²) in [5.74, 6) is 0. The Morgan fingerprint density at radius 2 is 1.89 bits per heavy atom. The molecular weight excluding hydrogens is 252 g/mol. The zero-order valence-electron chi connectivity index (χ0n) is 10.6. The molecule has 2 heterocycles. The van der Waals surface area contributed by atoms with Gasteiger partial charge in [-0.05, 0) is 19.8 Å². The van der Waals surface area contributed by atoms with E-state index in [2.05, 4.69) is 10.2 Å². The molecule has 1 aromatic rings. The Morgan fingerprint density at radius 3 is 2.44 bits per heavy atom. The number of nitrogens with one attached hydrogen (secondary N) is 1. The van der Waals surface area contributed by atoms with Crippen LogP contribution in [0.3, 0.4) is 0 Å². The fourth-order valence-corrected chi connectivity index (χ4v) is 4.22. The van der Waals surface area contributed by atoms with E-state index >= 15 is 0 Å². The molecule has 1 aromatic heterocycles. The first-order valence-corrected chi connectivity index (χ1v) is 7.75. The second-order valence-electron chi connectivity index (χ2n) is 4.65. The maximum absolute atomic E-state index is 12.6. The summed E-state index contributed by atoms with van der Waals surface area (Å²) in [4.78, 5) is 0.270. The molecule has 0 unspecified atom stereocenters. The van der Waals surface area contributed by atoms with Crippen molar-refractivity contribution >= 4 is 10.0 Å². The molecule has 18 heavy (non-hydrogen) atoms. The minimum Gasteiger partial charge on any atom is -0.325 e. The van der Waals surface area contributed by atoms with Crippen molar-refractivity contribution in [3.8, 4) is 0 Å². The molecule has 0 aromatic carbocycles. The van der Waals surface area contributed by atoms with Gasteiger partial charge in [-0.1, -0.05) is 12.8 Å². The average Bonchev–Trinajstić information content (AvgIpc) is 2.56. The molecule has 0 aliphatic carbocycles. The Labute approximate surface area is 108 Å². The highest BCUT2D eigenvalue weighted by Crippen LogP contribution is 2.24. The van der Waals surface area contributed by atoms with Crippen molar-refractivity contribution in [1.29, 1.82) is 0 Å². The normalized spacial score (nSPS) is 18.8. The van der Waals surface area contributed by atoms with E-state index in [1.165, 1.54) is 0 Å². The highest BCUT2D eigenvalue weighted by molar-refractivity contribution is 7.89. The van der Waals surface area contributed by atoms with Crippen molar-refractivity contribution in [2.75, 3.05) is 13.1 Å². The maximum Gasteiger partial charge on any atom is 0.246 e. The molecule has 0 radical (unpaired) electrons. The fraction of sp³-hybridized carbons (Fsp3) is 0.727. The van der Waals surface area contributed by atoms with Crippen molar-refractivity contribution in [3.63, 3.8) is 0 Å². The molecule has 0 atom stereocenters. The predicted molar refractivity (Wildman–Crippen MR) is 68.4 cm³/mol. The average molecular weight is 272 g/mol. The number of H-pyrrole nitrogens is 1. The Morgan fingerprint density at radius 1 is 1.28 bits per heavy atom. The summed E-state index contributed by atoms with van der Waals surface area (Å²) in [6, 6.07) is 0. The first kappa shape index (κ1) is 13.5. The molecule has 1 aliphatic heterocycles. The second-order valence-corrected chi connectivity index (χ2v) is 6.52. The quantitative estimate of drug-likeness (QED) is 0.849. The molecule has 102 valence electrons.